The third-order valence-electron chi connectivity index (χ3n) is 3.31. The van der Waals surface area contributed by atoms with Crippen LogP contribution in [0.5, 0.6) is 0 Å². The highest BCUT2D eigenvalue weighted by molar-refractivity contribution is 6.31. The average molecular weight is 327 g/mol. The first-order valence-corrected chi connectivity index (χ1v) is 7.35. The molecule has 0 aliphatic carbocycles. The Morgan fingerprint density at radius 3 is 2.71 bits per heavy atom. The first-order valence-electron chi connectivity index (χ1n) is 6.44. The van der Waals surface area contributed by atoms with Crippen LogP contribution >= 0.6 is 23.2 Å². The Hall–Kier alpha value is -1.59. The van der Waals surface area contributed by atoms with Gasteiger partial charge in [0.05, 0.1) is 27.4 Å². The van der Waals surface area contributed by atoms with Gasteiger partial charge in [0, 0.05) is 31.6 Å². The van der Waals surface area contributed by atoms with Crippen molar-refractivity contribution < 1.29 is 4.39 Å². The summed E-state index contributed by atoms with van der Waals surface area (Å²) < 4.78 is 17.3. The largest absolute Gasteiger partial charge is 0.293 e. The van der Waals surface area contributed by atoms with Crippen molar-refractivity contribution in [3.8, 4) is 5.69 Å². The van der Waals surface area contributed by atoms with Gasteiger partial charge in [0.1, 0.15) is 11.6 Å². The summed E-state index contributed by atoms with van der Waals surface area (Å²) in [6.45, 7) is 1.91. The van der Waals surface area contributed by atoms with E-state index in [0.29, 0.717) is 17.8 Å². The molecule has 0 atom stereocenters. The van der Waals surface area contributed by atoms with Crippen LogP contribution in [0.25, 0.3) is 16.7 Å². The zero-order chi connectivity index (χ0) is 15.1. The van der Waals surface area contributed by atoms with E-state index >= 15 is 0 Å². The normalized spacial score (nSPS) is 11.5. The third-order valence-corrected chi connectivity index (χ3v) is 3.79. The van der Waals surface area contributed by atoms with Gasteiger partial charge >= 0.3 is 0 Å². The van der Waals surface area contributed by atoms with Crippen molar-refractivity contribution in [2.75, 3.05) is 5.88 Å². The maximum Gasteiger partial charge on any atom is 0.144 e. The SMILES string of the molecule is Cc1nn(C)cc1-n1c(CCCl)nc2cc(F)c(Cl)cc21. The summed E-state index contributed by atoms with van der Waals surface area (Å²) >= 11 is 11.8. The van der Waals surface area contributed by atoms with Crippen LogP contribution in [0.1, 0.15) is 11.5 Å². The van der Waals surface area contributed by atoms with E-state index in [9.17, 15) is 4.39 Å². The minimum Gasteiger partial charge on any atom is -0.293 e. The summed E-state index contributed by atoms with van der Waals surface area (Å²) in [6.07, 6.45) is 2.47. The molecule has 0 aliphatic heterocycles. The van der Waals surface area contributed by atoms with Crippen LogP contribution in [0.15, 0.2) is 18.3 Å². The van der Waals surface area contributed by atoms with Crippen molar-refractivity contribution in [3.05, 3.63) is 40.7 Å². The second-order valence-electron chi connectivity index (χ2n) is 4.83. The molecule has 0 bridgehead atoms. The molecular formula is C14H13Cl2FN4. The maximum absolute atomic E-state index is 13.6. The van der Waals surface area contributed by atoms with Gasteiger partial charge in [-0.25, -0.2) is 9.37 Å². The summed E-state index contributed by atoms with van der Waals surface area (Å²) in [4.78, 5) is 4.47. The molecule has 0 saturated heterocycles. The number of imidazole rings is 1. The van der Waals surface area contributed by atoms with Gasteiger partial charge in [0.15, 0.2) is 0 Å². The number of nitrogens with zero attached hydrogens (tertiary/aromatic N) is 4. The number of aromatic nitrogens is 4. The predicted molar refractivity (Wildman–Crippen MR) is 82.0 cm³/mol. The van der Waals surface area contributed by atoms with E-state index in [2.05, 4.69) is 10.1 Å². The van der Waals surface area contributed by atoms with E-state index in [1.807, 2.05) is 24.7 Å². The number of aryl methyl sites for hydroxylation is 3. The molecule has 7 heteroatoms. The Bertz CT molecular complexity index is 822. The molecule has 0 saturated carbocycles. The quantitative estimate of drug-likeness (QED) is 0.689. The minimum atomic E-state index is -0.478. The number of hydrogen-bond acceptors (Lipinski definition) is 2. The molecule has 0 spiro atoms. The lowest BCUT2D eigenvalue weighted by atomic mass is 10.3. The van der Waals surface area contributed by atoms with E-state index in [-0.39, 0.29) is 5.02 Å². The molecule has 3 aromatic rings. The lowest BCUT2D eigenvalue weighted by Crippen LogP contribution is -2.02. The highest BCUT2D eigenvalue weighted by Gasteiger charge is 2.17. The molecule has 3 rings (SSSR count). The molecule has 0 fully saturated rings. The lowest BCUT2D eigenvalue weighted by molar-refractivity contribution is 0.630. The number of halogens is 3. The monoisotopic (exact) mass is 326 g/mol. The highest BCUT2D eigenvalue weighted by atomic mass is 35.5. The van der Waals surface area contributed by atoms with Crippen molar-refractivity contribution in [1.29, 1.82) is 0 Å². The molecule has 0 aliphatic rings. The van der Waals surface area contributed by atoms with Crippen molar-refractivity contribution in [2.45, 2.75) is 13.3 Å². The molecule has 0 radical (unpaired) electrons. The topological polar surface area (TPSA) is 35.6 Å². The van der Waals surface area contributed by atoms with Crippen molar-refractivity contribution in [2.24, 2.45) is 7.05 Å². The standard InChI is InChI=1S/C14H13Cl2FN4/c1-8-13(7-20(2)19-8)21-12-5-9(16)10(17)6-11(12)18-14(21)3-4-15/h5-7H,3-4H2,1-2H3. The van der Waals surface area contributed by atoms with Crippen LogP contribution in [0.3, 0.4) is 0 Å². The minimum absolute atomic E-state index is 0.0719. The van der Waals surface area contributed by atoms with Gasteiger partial charge in [-0.3, -0.25) is 9.25 Å². The Morgan fingerprint density at radius 1 is 1.33 bits per heavy atom. The van der Waals surface area contributed by atoms with E-state index in [0.717, 1.165) is 22.7 Å². The van der Waals surface area contributed by atoms with Gasteiger partial charge in [-0.15, -0.1) is 11.6 Å². The summed E-state index contributed by atoms with van der Waals surface area (Å²) in [6, 6.07) is 2.93. The van der Waals surface area contributed by atoms with Crippen molar-refractivity contribution >= 4 is 34.2 Å². The second-order valence-corrected chi connectivity index (χ2v) is 5.62. The number of fused-ring (bicyclic) bond motifs is 1. The van der Waals surface area contributed by atoms with Crippen molar-refractivity contribution in [3.63, 3.8) is 0 Å². The summed E-state index contributed by atoms with van der Waals surface area (Å²) in [7, 11) is 1.85. The number of rotatable bonds is 3. The van der Waals surface area contributed by atoms with E-state index in [1.54, 1.807) is 10.7 Å². The molecule has 0 unspecified atom stereocenters. The molecule has 2 heterocycles. The third kappa shape index (κ3) is 2.40. The Labute approximate surface area is 131 Å². The first kappa shape index (κ1) is 14.4. The fourth-order valence-electron chi connectivity index (χ4n) is 2.45. The first-order chi connectivity index (χ1) is 10.0. The van der Waals surface area contributed by atoms with Gasteiger partial charge < -0.3 is 0 Å². The van der Waals surface area contributed by atoms with Crippen LogP contribution in [-0.4, -0.2) is 25.2 Å². The number of hydrogen-bond donors (Lipinski definition) is 0. The van der Waals surface area contributed by atoms with E-state index in [4.69, 9.17) is 23.2 Å². The van der Waals surface area contributed by atoms with Crippen LogP contribution in [-0.2, 0) is 13.5 Å². The molecule has 0 N–H and O–H groups in total. The predicted octanol–water partition coefficient (Wildman–Crippen LogP) is 3.64. The van der Waals surface area contributed by atoms with Crippen LogP contribution in [0, 0.1) is 12.7 Å². The Balaban J connectivity index is 2.35. The lowest BCUT2D eigenvalue weighted by Gasteiger charge is -2.07. The van der Waals surface area contributed by atoms with Gasteiger partial charge in [0.25, 0.3) is 0 Å². The number of alkyl halides is 1. The van der Waals surface area contributed by atoms with Gasteiger partial charge in [-0.1, -0.05) is 11.6 Å². The molecular weight excluding hydrogens is 314 g/mol. The summed E-state index contributed by atoms with van der Waals surface area (Å²) in [5.41, 5.74) is 3.05. The van der Waals surface area contributed by atoms with Gasteiger partial charge in [0.2, 0.25) is 0 Å². The molecule has 110 valence electrons. The molecule has 2 aromatic heterocycles. The summed E-state index contributed by atoms with van der Waals surface area (Å²) in [5, 5.41) is 4.41. The Kier molecular flexibility index (Phi) is 3.63. The van der Waals surface area contributed by atoms with E-state index < -0.39 is 5.82 Å². The van der Waals surface area contributed by atoms with Gasteiger partial charge in [-0.05, 0) is 13.0 Å². The highest BCUT2D eigenvalue weighted by Crippen LogP contribution is 2.28. The molecule has 0 amide bonds. The fraction of sp³-hybridized carbons (Fsp3) is 0.286. The molecule has 4 nitrogen and oxygen atoms in total. The fourth-order valence-corrected chi connectivity index (χ4v) is 2.78. The molecule has 21 heavy (non-hydrogen) atoms. The second kappa shape index (κ2) is 5.31. The van der Waals surface area contributed by atoms with Gasteiger partial charge in [-0.2, -0.15) is 5.10 Å². The average Bonchev–Trinajstić information content (AvgIpc) is 2.90. The zero-order valence-corrected chi connectivity index (χ0v) is 13.1. The van der Waals surface area contributed by atoms with Crippen LogP contribution in [0.2, 0.25) is 5.02 Å². The Morgan fingerprint density at radius 2 is 2.10 bits per heavy atom. The molecule has 1 aromatic carbocycles. The van der Waals surface area contributed by atoms with Crippen LogP contribution in [0.4, 0.5) is 4.39 Å². The van der Waals surface area contributed by atoms with Crippen LogP contribution < -0.4 is 0 Å². The zero-order valence-electron chi connectivity index (χ0n) is 11.6. The smallest absolute Gasteiger partial charge is 0.144 e. The summed E-state index contributed by atoms with van der Waals surface area (Å²) in [5.74, 6) is 0.714. The number of benzene rings is 1. The maximum atomic E-state index is 13.6. The van der Waals surface area contributed by atoms with Crippen molar-refractivity contribution in [1.82, 2.24) is 19.3 Å². The van der Waals surface area contributed by atoms with E-state index in [1.165, 1.54) is 6.07 Å².